The Kier molecular flexibility index (Phi) is 4.05. The van der Waals surface area contributed by atoms with E-state index in [0.717, 1.165) is 30.2 Å². The quantitative estimate of drug-likeness (QED) is 0.911. The molecule has 100 valence electrons. The van der Waals surface area contributed by atoms with Crippen molar-refractivity contribution in [3.05, 3.63) is 53.2 Å². The highest BCUT2D eigenvalue weighted by Crippen LogP contribution is 2.20. The summed E-state index contributed by atoms with van der Waals surface area (Å²) in [6, 6.07) is 10.4. The Morgan fingerprint density at radius 1 is 1.16 bits per heavy atom. The van der Waals surface area contributed by atoms with Crippen molar-refractivity contribution in [2.24, 2.45) is 0 Å². The first-order valence-electron chi connectivity index (χ1n) is 6.63. The molecule has 19 heavy (non-hydrogen) atoms. The molecule has 0 aliphatic rings. The highest BCUT2D eigenvalue weighted by atomic mass is 15.2. The molecule has 3 nitrogen and oxygen atoms in total. The fraction of sp³-hybridized carbons (Fsp3) is 0.312. The topological polar surface area (TPSA) is 42.1 Å². The van der Waals surface area contributed by atoms with Crippen molar-refractivity contribution in [2.45, 2.75) is 27.3 Å². The van der Waals surface area contributed by atoms with Gasteiger partial charge in [-0.25, -0.2) is 4.98 Å². The lowest BCUT2D eigenvalue weighted by Crippen LogP contribution is -2.23. The number of rotatable bonds is 4. The first-order chi connectivity index (χ1) is 9.11. The summed E-state index contributed by atoms with van der Waals surface area (Å²) in [4.78, 5) is 6.72. The van der Waals surface area contributed by atoms with Gasteiger partial charge in [-0.05, 0) is 37.5 Å². The van der Waals surface area contributed by atoms with Gasteiger partial charge in [-0.15, -0.1) is 0 Å². The van der Waals surface area contributed by atoms with Crippen LogP contribution in [0.4, 0.5) is 11.5 Å². The van der Waals surface area contributed by atoms with Crippen molar-refractivity contribution in [1.82, 2.24) is 4.98 Å². The van der Waals surface area contributed by atoms with Gasteiger partial charge in [0.25, 0.3) is 0 Å². The van der Waals surface area contributed by atoms with E-state index in [-0.39, 0.29) is 0 Å². The van der Waals surface area contributed by atoms with Crippen LogP contribution < -0.4 is 10.6 Å². The maximum Gasteiger partial charge on any atom is 0.130 e. The van der Waals surface area contributed by atoms with E-state index in [1.165, 1.54) is 11.1 Å². The lowest BCUT2D eigenvalue weighted by atomic mass is 10.1. The first kappa shape index (κ1) is 13.4. The van der Waals surface area contributed by atoms with Crippen LogP contribution in [0.5, 0.6) is 0 Å². The molecule has 0 aliphatic carbocycles. The molecule has 2 N–H and O–H groups in total. The van der Waals surface area contributed by atoms with Crippen molar-refractivity contribution in [2.75, 3.05) is 17.2 Å². The third-order valence-electron chi connectivity index (χ3n) is 3.46. The van der Waals surface area contributed by atoms with Crippen LogP contribution in [0.15, 0.2) is 36.5 Å². The summed E-state index contributed by atoms with van der Waals surface area (Å²) in [6.45, 7) is 8.02. The number of benzene rings is 1. The summed E-state index contributed by atoms with van der Waals surface area (Å²) >= 11 is 0. The molecule has 0 bridgehead atoms. The smallest absolute Gasteiger partial charge is 0.130 e. The van der Waals surface area contributed by atoms with Gasteiger partial charge < -0.3 is 10.6 Å². The molecular formula is C16H21N3. The second-order valence-corrected chi connectivity index (χ2v) is 4.84. The maximum atomic E-state index is 5.97. The SMILES string of the molecule is CCN(Cc1ccccc1C)c1cc(N)c(C)cn1. The molecule has 1 heterocycles. The number of nitrogen functional groups attached to an aromatic ring is 1. The van der Waals surface area contributed by atoms with Gasteiger partial charge >= 0.3 is 0 Å². The second-order valence-electron chi connectivity index (χ2n) is 4.84. The van der Waals surface area contributed by atoms with Crippen LogP contribution in [0.1, 0.15) is 23.6 Å². The van der Waals surface area contributed by atoms with Gasteiger partial charge in [0.1, 0.15) is 5.82 Å². The number of aryl methyl sites for hydroxylation is 2. The molecule has 0 saturated heterocycles. The normalized spacial score (nSPS) is 10.5. The van der Waals surface area contributed by atoms with E-state index in [1.54, 1.807) is 0 Å². The molecular weight excluding hydrogens is 234 g/mol. The van der Waals surface area contributed by atoms with Crippen molar-refractivity contribution in [3.8, 4) is 0 Å². The third-order valence-corrected chi connectivity index (χ3v) is 3.46. The van der Waals surface area contributed by atoms with E-state index in [0.29, 0.717) is 0 Å². The van der Waals surface area contributed by atoms with Gasteiger partial charge in [0.05, 0.1) is 0 Å². The zero-order chi connectivity index (χ0) is 13.8. The molecule has 0 atom stereocenters. The van der Waals surface area contributed by atoms with Crippen LogP contribution in [0.3, 0.4) is 0 Å². The van der Waals surface area contributed by atoms with E-state index in [2.05, 4.69) is 48.0 Å². The van der Waals surface area contributed by atoms with Crippen molar-refractivity contribution >= 4 is 11.5 Å². The maximum absolute atomic E-state index is 5.97. The third kappa shape index (κ3) is 3.05. The molecule has 0 radical (unpaired) electrons. The average molecular weight is 255 g/mol. The molecule has 0 fully saturated rings. The Labute approximate surface area is 115 Å². The van der Waals surface area contributed by atoms with Gasteiger partial charge in [0, 0.05) is 31.0 Å². The van der Waals surface area contributed by atoms with Crippen LogP contribution in [-0.4, -0.2) is 11.5 Å². The highest BCUT2D eigenvalue weighted by molar-refractivity contribution is 5.55. The van der Waals surface area contributed by atoms with Gasteiger partial charge in [0.2, 0.25) is 0 Å². The number of aromatic nitrogens is 1. The molecule has 0 spiro atoms. The molecule has 0 aliphatic heterocycles. The highest BCUT2D eigenvalue weighted by Gasteiger charge is 2.09. The van der Waals surface area contributed by atoms with E-state index in [1.807, 2.05) is 19.2 Å². The van der Waals surface area contributed by atoms with Crippen molar-refractivity contribution in [3.63, 3.8) is 0 Å². The van der Waals surface area contributed by atoms with Crippen molar-refractivity contribution < 1.29 is 0 Å². The van der Waals surface area contributed by atoms with Gasteiger partial charge in [-0.2, -0.15) is 0 Å². The lowest BCUT2D eigenvalue weighted by molar-refractivity contribution is 0.809. The van der Waals surface area contributed by atoms with Crippen LogP contribution in [-0.2, 0) is 6.54 Å². The molecule has 0 amide bonds. The zero-order valence-electron chi connectivity index (χ0n) is 11.9. The summed E-state index contributed by atoms with van der Waals surface area (Å²) in [5.41, 5.74) is 10.4. The van der Waals surface area contributed by atoms with E-state index in [4.69, 9.17) is 5.73 Å². The summed E-state index contributed by atoms with van der Waals surface area (Å²) < 4.78 is 0. The Morgan fingerprint density at radius 3 is 2.53 bits per heavy atom. The van der Waals surface area contributed by atoms with E-state index in [9.17, 15) is 0 Å². The summed E-state index contributed by atoms with van der Waals surface area (Å²) in [7, 11) is 0. The van der Waals surface area contributed by atoms with Gasteiger partial charge in [-0.3, -0.25) is 0 Å². The van der Waals surface area contributed by atoms with Crippen molar-refractivity contribution in [1.29, 1.82) is 0 Å². The molecule has 0 unspecified atom stereocenters. The van der Waals surface area contributed by atoms with Crippen LogP contribution in [0, 0.1) is 13.8 Å². The number of nitrogens with two attached hydrogens (primary N) is 1. The average Bonchev–Trinajstić information content (AvgIpc) is 2.41. The Morgan fingerprint density at radius 2 is 1.89 bits per heavy atom. The number of hydrogen-bond donors (Lipinski definition) is 1. The summed E-state index contributed by atoms with van der Waals surface area (Å²) in [6.07, 6.45) is 1.84. The molecule has 2 rings (SSSR count). The number of hydrogen-bond acceptors (Lipinski definition) is 3. The fourth-order valence-corrected chi connectivity index (χ4v) is 2.05. The number of pyridine rings is 1. The lowest BCUT2D eigenvalue weighted by Gasteiger charge is -2.23. The standard InChI is InChI=1S/C16H21N3/c1-4-19(11-14-8-6-5-7-12(14)2)16-9-15(17)13(3)10-18-16/h5-10H,4,11H2,1-3H3,(H2,17,18). The van der Waals surface area contributed by atoms with Crippen LogP contribution in [0.2, 0.25) is 0 Å². The Bertz CT molecular complexity index is 564. The fourth-order valence-electron chi connectivity index (χ4n) is 2.05. The summed E-state index contributed by atoms with van der Waals surface area (Å²) in [5, 5.41) is 0. The molecule has 1 aromatic carbocycles. The molecule has 3 heteroatoms. The number of nitrogens with zero attached hydrogens (tertiary/aromatic N) is 2. The Balaban J connectivity index is 2.25. The van der Waals surface area contributed by atoms with Gasteiger partial charge in [0.15, 0.2) is 0 Å². The largest absolute Gasteiger partial charge is 0.398 e. The van der Waals surface area contributed by atoms with Crippen LogP contribution >= 0.6 is 0 Å². The van der Waals surface area contributed by atoms with E-state index >= 15 is 0 Å². The Hall–Kier alpha value is -2.03. The monoisotopic (exact) mass is 255 g/mol. The minimum absolute atomic E-state index is 0.799. The minimum atomic E-state index is 0.799. The minimum Gasteiger partial charge on any atom is -0.398 e. The predicted octanol–water partition coefficient (Wildman–Crippen LogP) is 3.31. The van der Waals surface area contributed by atoms with E-state index < -0.39 is 0 Å². The molecule has 0 saturated carbocycles. The number of anilines is 2. The molecule has 2 aromatic rings. The first-order valence-corrected chi connectivity index (χ1v) is 6.63. The predicted molar refractivity (Wildman–Crippen MR) is 81.3 cm³/mol. The summed E-state index contributed by atoms with van der Waals surface area (Å²) in [5.74, 6) is 0.939. The zero-order valence-corrected chi connectivity index (χ0v) is 11.9. The second kappa shape index (κ2) is 5.74. The molecule has 1 aromatic heterocycles. The van der Waals surface area contributed by atoms with Crippen LogP contribution in [0.25, 0.3) is 0 Å². The van der Waals surface area contributed by atoms with Gasteiger partial charge in [-0.1, -0.05) is 24.3 Å².